The van der Waals surface area contributed by atoms with Gasteiger partial charge >= 0.3 is 5.97 Å². The highest BCUT2D eigenvalue weighted by Crippen LogP contribution is 2.24. The number of carboxylic acids is 1. The van der Waals surface area contributed by atoms with Gasteiger partial charge in [0.05, 0.1) is 17.6 Å². The topological polar surface area (TPSA) is 72.5 Å². The first-order chi connectivity index (χ1) is 6.83. The molecule has 0 aromatic rings. The Labute approximate surface area is 91.8 Å². The van der Waals surface area contributed by atoms with Crippen LogP contribution in [-0.4, -0.2) is 29.8 Å². The van der Waals surface area contributed by atoms with E-state index in [0.29, 0.717) is 6.54 Å². The van der Waals surface area contributed by atoms with E-state index in [1.54, 1.807) is 13.8 Å². The Kier molecular flexibility index (Phi) is 5.24. The van der Waals surface area contributed by atoms with Gasteiger partial charge in [-0.3, -0.25) is 4.79 Å². The molecule has 15 heavy (non-hydrogen) atoms. The highest BCUT2D eigenvalue weighted by Gasteiger charge is 2.33. The Morgan fingerprint density at radius 2 is 1.80 bits per heavy atom. The molecule has 0 bridgehead atoms. The molecule has 0 aromatic carbocycles. The van der Waals surface area contributed by atoms with E-state index in [0.717, 1.165) is 12.8 Å². The zero-order valence-electron chi connectivity index (χ0n) is 10.2. The smallest absolute Gasteiger partial charge is 0.311 e. The second-order valence-electron chi connectivity index (χ2n) is 4.57. The molecular formula is C11H23NO3. The molecule has 4 heteroatoms. The number of rotatable bonds is 7. The first-order valence-corrected chi connectivity index (χ1v) is 5.41. The van der Waals surface area contributed by atoms with E-state index in [1.807, 2.05) is 13.8 Å². The molecule has 0 fully saturated rings. The molecule has 0 aliphatic rings. The number of nitrogens with two attached hydrogens (primary N) is 1. The summed E-state index contributed by atoms with van der Waals surface area (Å²) < 4.78 is 5.70. The minimum absolute atomic E-state index is 0.196. The van der Waals surface area contributed by atoms with Crippen molar-refractivity contribution in [2.24, 2.45) is 11.1 Å². The van der Waals surface area contributed by atoms with Gasteiger partial charge in [-0.15, -0.1) is 0 Å². The first kappa shape index (κ1) is 14.4. The SMILES string of the molecule is CCC(CC)(CN)OCC(C)(C)C(=O)O. The molecule has 0 aliphatic heterocycles. The van der Waals surface area contributed by atoms with Crippen molar-refractivity contribution in [3.05, 3.63) is 0 Å². The molecule has 0 aromatic heterocycles. The van der Waals surface area contributed by atoms with Gasteiger partial charge < -0.3 is 15.6 Å². The van der Waals surface area contributed by atoms with Crippen LogP contribution in [0.3, 0.4) is 0 Å². The molecule has 0 spiro atoms. The fourth-order valence-corrected chi connectivity index (χ4v) is 1.20. The minimum atomic E-state index is -0.856. The molecule has 0 radical (unpaired) electrons. The third-order valence-corrected chi connectivity index (χ3v) is 2.98. The van der Waals surface area contributed by atoms with Crippen molar-refractivity contribution in [3.8, 4) is 0 Å². The van der Waals surface area contributed by atoms with Gasteiger partial charge in [0.15, 0.2) is 0 Å². The normalized spacial score (nSPS) is 12.9. The first-order valence-electron chi connectivity index (χ1n) is 5.41. The van der Waals surface area contributed by atoms with Crippen LogP contribution in [-0.2, 0) is 9.53 Å². The summed E-state index contributed by atoms with van der Waals surface area (Å²) in [7, 11) is 0. The standard InChI is InChI=1S/C11H23NO3/c1-5-11(6-2,7-12)15-8-10(3,4)9(13)14/h5-8,12H2,1-4H3,(H,13,14). The van der Waals surface area contributed by atoms with Crippen LogP contribution in [0.1, 0.15) is 40.5 Å². The predicted molar refractivity (Wildman–Crippen MR) is 59.7 cm³/mol. The summed E-state index contributed by atoms with van der Waals surface area (Å²) in [6, 6.07) is 0. The monoisotopic (exact) mass is 217 g/mol. The molecule has 3 N–H and O–H groups in total. The lowest BCUT2D eigenvalue weighted by Crippen LogP contribution is -2.43. The Balaban J connectivity index is 4.40. The van der Waals surface area contributed by atoms with Crippen molar-refractivity contribution in [1.29, 1.82) is 0 Å². The maximum Gasteiger partial charge on any atom is 0.311 e. The Morgan fingerprint density at radius 1 is 1.33 bits per heavy atom. The van der Waals surface area contributed by atoms with Crippen molar-refractivity contribution in [3.63, 3.8) is 0 Å². The van der Waals surface area contributed by atoms with Crippen LogP contribution in [0.4, 0.5) is 0 Å². The highest BCUT2D eigenvalue weighted by atomic mass is 16.5. The van der Waals surface area contributed by atoms with E-state index in [-0.39, 0.29) is 12.2 Å². The van der Waals surface area contributed by atoms with Gasteiger partial charge in [0, 0.05) is 6.54 Å². The van der Waals surface area contributed by atoms with E-state index >= 15 is 0 Å². The van der Waals surface area contributed by atoms with Crippen LogP contribution in [0.2, 0.25) is 0 Å². The maximum absolute atomic E-state index is 10.9. The number of ether oxygens (including phenoxy) is 1. The molecule has 0 saturated heterocycles. The van der Waals surface area contributed by atoms with Gasteiger partial charge in [-0.2, -0.15) is 0 Å². The van der Waals surface area contributed by atoms with Gasteiger partial charge in [-0.1, -0.05) is 13.8 Å². The molecule has 4 nitrogen and oxygen atoms in total. The quantitative estimate of drug-likeness (QED) is 0.680. The number of carboxylic acid groups (broad SMARTS) is 1. The number of hydrogen-bond donors (Lipinski definition) is 2. The van der Waals surface area contributed by atoms with Crippen LogP contribution in [0, 0.1) is 5.41 Å². The summed E-state index contributed by atoms with van der Waals surface area (Å²) in [4.78, 5) is 10.9. The van der Waals surface area contributed by atoms with Gasteiger partial charge in [-0.05, 0) is 26.7 Å². The van der Waals surface area contributed by atoms with Gasteiger partial charge in [0.1, 0.15) is 0 Å². The van der Waals surface area contributed by atoms with Crippen LogP contribution < -0.4 is 5.73 Å². The number of hydrogen-bond acceptors (Lipinski definition) is 3. The molecule has 0 atom stereocenters. The summed E-state index contributed by atoms with van der Waals surface area (Å²) in [6.07, 6.45) is 1.60. The lowest BCUT2D eigenvalue weighted by molar-refractivity contribution is -0.155. The van der Waals surface area contributed by atoms with Gasteiger partial charge in [0.25, 0.3) is 0 Å². The maximum atomic E-state index is 10.9. The molecule has 90 valence electrons. The lowest BCUT2D eigenvalue weighted by Gasteiger charge is -2.33. The number of aliphatic carboxylic acids is 1. The summed E-state index contributed by atoms with van der Waals surface area (Å²) in [6.45, 7) is 7.94. The molecule has 0 aliphatic carbocycles. The van der Waals surface area contributed by atoms with E-state index < -0.39 is 11.4 Å². The third-order valence-electron chi connectivity index (χ3n) is 2.98. The average molecular weight is 217 g/mol. The summed E-state index contributed by atoms with van der Waals surface area (Å²) in [5.41, 5.74) is 4.44. The summed E-state index contributed by atoms with van der Waals surface area (Å²) in [5.74, 6) is -0.847. The Bertz CT molecular complexity index is 202. The third kappa shape index (κ3) is 3.80. The zero-order valence-corrected chi connectivity index (χ0v) is 10.2. The molecule has 0 rings (SSSR count). The van der Waals surface area contributed by atoms with Crippen molar-refractivity contribution in [1.82, 2.24) is 0 Å². The Hall–Kier alpha value is -0.610. The fourth-order valence-electron chi connectivity index (χ4n) is 1.20. The van der Waals surface area contributed by atoms with E-state index in [9.17, 15) is 4.79 Å². The predicted octanol–water partition coefficient (Wildman–Crippen LogP) is 1.63. The highest BCUT2D eigenvalue weighted by molar-refractivity contribution is 5.73. The summed E-state index contributed by atoms with van der Waals surface area (Å²) >= 11 is 0. The van der Waals surface area contributed by atoms with Crippen molar-refractivity contribution < 1.29 is 14.6 Å². The van der Waals surface area contributed by atoms with E-state index in [4.69, 9.17) is 15.6 Å². The van der Waals surface area contributed by atoms with Gasteiger partial charge in [0.2, 0.25) is 0 Å². The fraction of sp³-hybridized carbons (Fsp3) is 0.909. The van der Waals surface area contributed by atoms with Crippen LogP contribution in [0.25, 0.3) is 0 Å². The van der Waals surface area contributed by atoms with E-state index in [1.165, 1.54) is 0 Å². The summed E-state index contributed by atoms with van der Waals surface area (Å²) in [5, 5.41) is 8.94. The van der Waals surface area contributed by atoms with Gasteiger partial charge in [-0.25, -0.2) is 0 Å². The van der Waals surface area contributed by atoms with Crippen molar-refractivity contribution in [2.45, 2.75) is 46.1 Å². The molecular weight excluding hydrogens is 194 g/mol. The van der Waals surface area contributed by atoms with Crippen LogP contribution >= 0.6 is 0 Å². The zero-order chi connectivity index (χ0) is 12.1. The average Bonchev–Trinajstić information content (AvgIpc) is 2.20. The largest absolute Gasteiger partial charge is 0.481 e. The van der Waals surface area contributed by atoms with Crippen LogP contribution in [0.5, 0.6) is 0 Å². The molecule has 0 amide bonds. The number of carbonyl (C=O) groups is 1. The molecule has 0 unspecified atom stereocenters. The molecule has 0 heterocycles. The molecule has 0 saturated carbocycles. The van der Waals surface area contributed by atoms with Crippen molar-refractivity contribution in [2.75, 3.05) is 13.2 Å². The van der Waals surface area contributed by atoms with Crippen molar-refractivity contribution >= 4 is 5.97 Å². The second kappa shape index (κ2) is 5.47. The Morgan fingerprint density at radius 3 is 2.07 bits per heavy atom. The lowest BCUT2D eigenvalue weighted by atomic mass is 9.93. The van der Waals surface area contributed by atoms with Crippen LogP contribution in [0.15, 0.2) is 0 Å². The minimum Gasteiger partial charge on any atom is -0.481 e. The second-order valence-corrected chi connectivity index (χ2v) is 4.57. The van der Waals surface area contributed by atoms with E-state index in [2.05, 4.69) is 0 Å².